The van der Waals surface area contributed by atoms with Crippen LogP contribution >= 0.6 is 11.8 Å². The van der Waals surface area contributed by atoms with Crippen LogP contribution < -0.4 is 5.73 Å². The van der Waals surface area contributed by atoms with E-state index >= 15 is 0 Å². The second kappa shape index (κ2) is 2.55. The highest BCUT2D eigenvalue weighted by atomic mass is 32.2. The van der Waals surface area contributed by atoms with Crippen molar-refractivity contribution in [3.8, 4) is 0 Å². The third-order valence-electron chi connectivity index (χ3n) is 1.22. The van der Waals surface area contributed by atoms with Gasteiger partial charge in [0.05, 0.1) is 5.37 Å². The molecule has 1 aliphatic rings. The lowest BCUT2D eigenvalue weighted by Crippen LogP contribution is -2.16. The molecule has 0 aromatic rings. The molecule has 2 N–H and O–H groups in total. The Balaban J connectivity index is 2.45. The molecule has 1 nitrogen and oxygen atoms in total. The van der Waals surface area contributed by atoms with Gasteiger partial charge in [0.2, 0.25) is 0 Å². The minimum Gasteiger partial charge on any atom is -0.319 e. The number of rotatable bonds is 0. The van der Waals surface area contributed by atoms with Gasteiger partial charge in [0.15, 0.2) is 0 Å². The SMILES string of the molecule is CC1=CCCC(N)S1. The van der Waals surface area contributed by atoms with Crippen molar-refractivity contribution >= 4 is 11.8 Å². The van der Waals surface area contributed by atoms with Crippen LogP contribution in [0, 0.1) is 0 Å². The fraction of sp³-hybridized carbons (Fsp3) is 0.667. The molecule has 0 saturated heterocycles. The molecular formula is C6H11NS. The van der Waals surface area contributed by atoms with Crippen molar-refractivity contribution in [2.45, 2.75) is 25.1 Å². The van der Waals surface area contributed by atoms with Gasteiger partial charge in [-0.05, 0) is 24.7 Å². The van der Waals surface area contributed by atoms with Gasteiger partial charge in [-0.25, -0.2) is 0 Å². The molecule has 1 atom stereocenters. The van der Waals surface area contributed by atoms with Gasteiger partial charge in [0.1, 0.15) is 0 Å². The Morgan fingerprint density at radius 3 is 3.00 bits per heavy atom. The van der Waals surface area contributed by atoms with E-state index in [1.807, 2.05) is 0 Å². The van der Waals surface area contributed by atoms with E-state index < -0.39 is 0 Å². The predicted molar refractivity (Wildman–Crippen MR) is 38.6 cm³/mol. The molecule has 0 fully saturated rings. The highest BCUT2D eigenvalue weighted by Gasteiger charge is 2.06. The summed E-state index contributed by atoms with van der Waals surface area (Å²) in [6.45, 7) is 2.11. The van der Waals surface area contributed by atoms with E-state index in [1.54, 1.807) is 11.8 Å². The summed E-state index contributed by atoms with van der Waals surface area (Å²) in [5, 5.41) is 0.361. The van der Waals surface area contributed by atoms with Crippen LogP contribution in [0.5, 0.6) is 0 Å². The zero-order valence-electron chi connectivity index (χ0n) is 5.05. The zero-order valence-corrected chi connectivity index (χ0v) is 5.87. The molecule has 8 heavy (non-hydrogen) atoms. The molecule has 0 aliphatic carbocycles. The van der Waals surface area contributed by atoms with E-state index in [4.69, 9.17) is 5.73 Å². The third kappa shape index (κ3) is 1.53. The fourth-order valence-corrected chi connectivity index (χ4v) is 1.74. The molecule has 1 heterocycles. The first kappa shape index (κ1) is 6.17. The Morgan fingerprint density at radius 2 is 2.62 bits per heavy atom. The van der Waals surface area contributed by atoms with Gasteiger partial charge >= 0.3 is 0 Å². The van der Waals surface area contributed by atoms with Crippen molar-refractivity contribution in [1.82, 2.24) is 0 Å². The maximum Gasteiger partial charge on any atom is 0.0554 e. The number of hydrogen-bond donors (Lipinski definition) is 1. The number of thioether (sulfide) groups is 1. The van der Waals surface area contributed by atoms with Crippen LogP contribution in [0.3, 0.4) is 0 Å². The second-order valence-electron chi connectivity index (χ2n) is 2.05. The summed E-state index contributed by atoms with van der Waals surface area (Å²) in [4.78, 5) is 1.38. The van der Waals surface area contributed by atoms with Crippen LogP contribution in [0.15, 0.2) is 11.0 Å². The maximum absolute atomic E-state index is 5.65. The maximum atomic E-state index is 5.65. The average Bonchev–Trinajstić information content (AvgIpc) is 1.64. The minimum atomic E-state index is 0.361. The summed E-state index contributed by atoms with van der Waals surface area (Å²) in [6.07, 6.45) is 4.55. The molecule has 0 spiro atoms. The van der Waals surface area contributed by atoms with Gasteiger partial charge in [-0.1, -0.05) is 6.08 Å². The fourth-order valence-electron chi connectivity index (χ4n) is 0.797. The molecule has 0 aromatic heterocycles. The topological polar surface area (TPSA) is 26.0 Å². The Hall–Kier alpha value is 0.0500. The first-order valence-electron chi connectivity index (χ1n) is 2.88. The summed E-state index contributed by atoms with van der Waals surface area (Å²) >= 11 is 1.78. The molecule has 46 valence electrons. The molecule has 0 aromatic carbocycles. The standard InChI is InChI=1S/C6H11NS/c1-5-3-2-4-6(7)8-5/h3,6H,2,4,7H2,1H3. The Labute approximate surface area is 54.3 Å². The number of hydrogen-bond acceptors (Lipinski definition) is 2. The highest BCUT2D eigenvalue weighted by Crippen LogP contribution is 2.26. The van der Waals surface area contributed by atoms with Crippen molar-refractivity contribution < 1.29 is 0 Å². The van der Waals surface area contributed by atoms with Crippen molar-refractivity contribution in [2.24, 2.45) is 5.73 Å². The smallest absolute Gasteiger partial charge is 0.0554 e. The van der Waals surface area contributed by atoms with Crippen molar-refractivity contribution in [1.29, 1.82) is 0 Å². The molecule has 0 saturated carbocycles. The van der Waals surface area contributed by atoms with Gasteiger partial charge < -0.3 is 5.73 Å². The van der Waals surface area contributed by atoms with Crippen LogP contribution in [-0.2, 0) is 0 Å². The Kier molecular flexibility index (Phi) is 1.97. The van der Waals surface area contributed by atoms with Crippen LogP contribution in [0.25, 0.3) is 0 Å². The molecule has 2 heteroatoms. The molecule has 1 rings (SSSR count). The summed E-state index contributed by atoms with van der Waals surface area (Å²) in [7, 11) is 0. The quantitative estimate of drug-likeness (QED) is 0.538. The van der Waals surface area contributed by atoms with Crippen molar-refractivity contribution in [2.75, 3.05) is 0 Å². The second-order valence-corrected chi connectivity index (χ2v) is 3.53. The van der Waals surface area contributed by atoms with Crippen LogP contribution in [0.4, 0.5) is 0 Å². The molecular weight excluding hydrogens is 118 g/mol. The highest BCUT2D eigenvalue weighted by molar-refractivity contribution is 8.03. The van der Waals surface area contributed by atoms with Gasteiger partial charge in [-0.2, -0.15) is 0 Å². The summed E-state index contributed by atoms with van der Waals surface area (Å²) in [5.74, 6) is 0. The van der Waals surface area contributed by atoms with Crippen molar-refractivity contribution in [3.63, 3.8) is 0 Å². The lowest BCUT2D eigenvalue weighted by molar-refractivity contribution is 0.795. The minimum absolute atomic E-state index is 0.361. The third-order valence-corrected chi connectivity index (χ3v) is 2.30. The first-order chi connectivity index (χ1) is 3.79. The molecule has 0 radical (unpaired) electrons. The van der Waals surface area contributed by atoms with E-state index in [1.165, 1.54) is 11.3 Å². The summed E-state index contributed by atoms with van der Waals surface area (Å²) in [5.41, 5.74) is 5.65. The monoisotopic (exact) mass is 129 g/mol. The largest absolute Gasteiger partial charge is 0.319 e. The lowest BCUT2D eigenvalue weighted by Gasteiger charge is -2.14. The Bertz CT molecular complexity index is 109. The van der Waals surface area contributed by atoms with Crippen LogP contribution in [-0.4, -0.2) is 5.37 Å². The first-order valence-corrected chi connectivity index (χ1v) is 3.76. The predicted octanol–water partition coefficient (Wildman–Crippen LogP) is 1.70. The van der Waals surface area contributed by atoms with Crippen LogP contribution in [0.1, 0.15) is 19.8 Å². The van der Waals surface area contributed by atoms with E-state index in [-0.39, 0.29) is 0 Å². The van der Waals surface area contributed by atoms with Gasteiger partial charge in [-0.15, -0.1) is 11.8 Å². The van der Waals surface area contributed by atoms with E-state index in [9.17, 15) is 0 Å². The van der Waals surface area contributed by atoms with Gasteiger partial charge in [-0.3, -0.25) is 0 Å². The summed E-state index contributed by atoms with van der Waals surface area (Å²) < 4.78 is 0. The van der Waals surface area contributed by atoms with E-state index in [2.05, 4.69) is 13.0 Å². The molecule has 0 amide bonds. The van der Waals surface area contributed by atoms with Gasteiger partial charge in [0, 0.05) is 0 Å². The molecule has 0 bridgehead atoms. The van der Waals surface area contributed by atoms with Gasteiger partial charge in [0.25, 0.3) is 0 Å². The lowest BCUT2D eigenvalue weighted by atomic mass is 10.3. The number of allylic oxidation sites excluding steroid dienone is 2. The average molecular weight is 129 g/mol. The normalized spacial score (nSPS) is 29.8. The number of nitrogens with two attached hydrogens (primary N) is 1. The Morgan fingerprint density at radius 1 is 1.88 bits per heavy atom. The van der Waals surface area contributed by atoms with E-state index in [0.717, 1.165) is 6.42 Å². The summed E-state index contributed by atoms with van der Waals surface area (Å²) in [6, 6.07) is 0. The zero-order chi connectivity index (χ0) is 5.98. The van der Waals surface area contributed by atoms with Crippen LogP contribution in [0.2, 0.25) is 0 Å². The molecule has 1 unspecified atom stereocenters. The van der Waals surface area contributed by atoms with Crippen molar-refractivity contribution in [3.05, 3.63) is 11.0 Å². The van der Waals surface area contributed by atoms with E-state index in [0.29, 0.717) is 5.37 Å². The molecule has 1 aliphatic heterocycles.